The van der Waals surface area contributed by atoms with Gasteiger partial charge in [-0.3, -0.25) is 9.59 Å². The van der Waals surface area contributed by atoms with Gasteiger partial charge < -0.3 is 10.0 Å². The molecule has 4 nitrogen and oxygen atoms in total. The van der Waals surface area contributed by atoms with Gasteiger partial charge in [0.2, 0.25) is 5.91 Å². The first kappa shape index (κ1) is 14.0. The number of nitrogens with zero attached hydrogens (tertiary/aromatic N) is 1. The number of hydrogen-bond donors (Lipinski definition) is 1. The fourth-order valence-electron chi connectivity index (χ4n) is 2.57. The Bertz CT molecular complexity index is 299. The van der Waals surface area contributed by atoms with Crippen LogP contribution in [0.5, 0.6) is 0 Å². The highest BCUT2D eigenvalue weighted by atomic mass is 16.4. The normalized spacial score (nSPS) is 20.6. The third-order valence-electron chi connectivity index (χ3n) is 3.43. The average molecular weight is 241 g/mol. The molecule has 1 N–H and O–H groups in total. The summed E-state index contributed by atoms with van der Waals surface area (Å²) in [5, 5.41) is 8.80. The van der Waals surface area contributed by atoms with Crippen molar-refractivity contribution in [1.82, 2.24) is 4.90 Å². The number of aliphatic carboxylic acids is 1. The van der Waals surface area contributed by atoms with E-state index in [0.717, 1.165) is 25.8 Å². The van der Waals surface area contributed by atoms with Crippen molar-refractivity contribution >= 4 is 11.9 Å². The highest BCUT2D eigenvalue weighted by molar-refractivity contribution is 5.78. The van der Waals surface area contributed by atoms with Gasteiger partial charge in [0.15, 0.2) is 0 Å². The molecule has 0 bridgehead atoms. The van der Waals surface area contributed by atoms with Crippen LogP contribution >= 0.6 is 0 Å². The Morgan fingerprint density at radius 2 is 2.00 bits per heavy atom. The number of carbonyl (C=O) groups excluding carboxylic acids is 1. The third kappa shape index (κ3) is 4.02. The van der Waals surface area contributed by atoms with Crippen molar-refractivity contribution in [3.05, 3.63) is 0 Å². The molecule has 1 unspecified atom stereocenters. The Morgan fingerprint density at radius 3 is 2.53 bits per heavy atom. The SMILES string of the molecule is CCC1CCCN1C(=O)CC(C)(C)CC(=O)O. The zero-order valence-corrected chi connectivity index (χ0v) is 11.0. The number of carboxylic acids is 1. The van der Waals surface area contributed by atoms with Crippen LogP contribution < -0.4 is 0 Å². The fourth-order valence-corrected chi connectivity index (χ4v) is 2.57. The van der Waals surface area contributed by atoms with E-state index in [1.165, 1.54) is 0 Å². The molecule has 98 valence electrons. The predicted molar refractivity (Wildman–Crippen MR) is 65.7 cm³/mol. The van der Waals surface area contributed by atoms with E-state index in [9.17, 15) is 9.59 Å². The largest absolute Gasteiger partial charge is 0.481 e. The first-order chi connectivity index (χ1) is 7.85. The Morgan fingerprint density at radius 1 is 1.35 bits per heavy atom. The molecule has 1 heterocycles. The maximum absolute atomic E-state index is 12.1. The highest BCUT2D eigenvalue weighted by Crippen LogP contribution is 2.29. The summed E-state index contributed by atoms with van der Waals surface area (Å²) in [5.41, 5.74) is -0.455. The van der Waals surface area contributed by atoms with Crippen LogP contribution in [0.4, 0.5) is 0 Å². The van der Waals surface area contributed by atoms with Crippen LogP contribution in [0.2, 0.25) is 0 Å². The van der Waals surface area contributed by atoms with Gasteiger partial charge in [-0.2, -0.15) is 0 Å². The molecule has 0 spiro atoms. The van der Waals surface area contributed by atoms with Crippen molar-refractivity contribution in [3.63, 3.8) is 0 Å². The Hall–Kier alpha value is -1.06. The molecule has 0 radical (unpaired) electrons. The number of hydrogen-bond acceptors (Lipinski definition) is 2. The van der Waals surface area contributed by atoms with Gasteiger partial charge >= 0.3 is 5.97 Å². The van der Waals surface area contributed by atoms with Gasteiger partial charge in [-0.05, 0) is 24.7 Å². The van der Waals surface area contributed by atoms with E-state index in [0.29, 0.717) is 12.5 Å². The molecule has 1 saturated heterocycles. The maximum Gasteiger partial charge on any atom is 0.303 e. The summed E-state index contributed by atoms with van der Waals surface area (Å²) in [6.07, 6.45) is 3.52. The standard InChI is InChI=1S/C13H23NO3/c1-4-10-6-5-7-14(10)11(15)8-13(2,3)9-12(16)17/h10H,4-9H2,1-3H3,(H,16,17). The number of rotatable bonds is 5. The molecule has 1 rings (SSSR count). The van der Waals surface area contributed by atoms with E-state index in [1.54, 1.807) is 0 Å². The van der Waals surface area contributed by atoms with Crippen LogP contribution in [0.3, 0.4) is 0 Å². The van der Waals surface area contributed by atoms with Gasteiger partial charge in [0.25, 0.3) is 0 Å². The van der Waals surface area contributed by atoms with Crippen LogP contribution in [-0.4, -0.2) is 34.5 Å². The Labute approximate surface area is 103 Å². The summed E-state index contributed by atoms with van der Waals surface area (Å²) in [7, 11) is 0. The Kier molecular flexibility index (Phi) is 4.54. The van der Waals surface area contributed by atoms with Crippen LogP contribution in [0, 0.1) is 5.41 Å². The number of amides is 1. The molecular weight excluding hydrogens is 218 g/mol. The van der Waals surface area contributed by atoms with Gasteiger partial charge in [-0.1, -0.05) is 20.8 Å². The third-order valence-corrected chi connectivity index (χ3v) is 3.43. The summed E-state index contributed by atoms with van der Waals surface area (Å²) in [5.74, 6) is -0.725. The van der Waals surface area contributed by atoms with E-state index in [2.05, 4.69) is 6.92 Å². The second kappa shape index (κ2) is 5.52. The summed E-state index contributed by atoms with van der Waals surface area (Å²) in [4.78, 5) is 24.8. The van der Waals surface area contributed by atoms with Crippen molar-refractivity contribution in [1.29, 1.82) is 0 Å². The van der Waals surface area contributed by atoms with Gasteiger partial charge in [-0.25, -0.2) is 0 Å². The van der Waals surface area contributed by atoms with Crippen LogP contribution in [0.25, 0.3) is 0 Å². The minimum absolute atomic E-state index is 0.0450. The minimum atomic E-state index is -0.837. The van der Waals surface area contributed by atoms with Crippen molar-refractivity contribution in [2.75, 3.05) is 6.54 Å². The average Bonchev–Trinajstić information content (AvgIpc) is 2.61. The van der Waals surface area contributed by atoms with Gasteiger partial charge in [0.05, 0.1) is 6.42 Å². The molecule has 0 aromatic carbocycles. The van der Waals surface area contributed by atoms with Crippen molar-refractivity contribution in [3.8, 4) is 0 Å². The summed E-state index contributed by atoms with van der Waals surface area (Å²) >= 11 is 0. The van der Waals surface area contributed by atoms with Crippen molar-refractivity contribution < 1.29 is 14.7 Å². The molecule has 1 fully saturated rings. The molecule has 0 saturated carbocycles. The molecule has 0 aliphatic carbocycles. The zero-order valence-electron chi connectivity index (χ0n) is 11.0. The quantitative estimate of drug-likeness (QED) is 0.803. The number of carbonyl (C=O) groups is 2. The predicted octanol–water partition coefficient (Wildman–Crippen LogP) is 2.28. The summed E-state index contributed by atoms with van der Waals surface area (Å²) < 4.78 is 0. The van der Waals surface area contributed by atoms with Crippen LogP contribution in [0.1, 0.15) is 52.9 Å². The maximum atomic E-state index is 12.1. The lowest BCUT2D eigenvalue weighted by Gasteiger charge is -2.28. The summed E-state index contributed by atoms with van der Waals surface area (Å²) in [6.45, 7) is 6.62. The van der Waals surface area contributed by atoms with E-state index in [4.69, 9.17) is 5.11 Å². The number of carboxylic acid groups (broad SMARTS) is 1. The van der Waals surface area contributed by atoms with Crippen molar-refractivity contribution in [2.45, 2.75) is 58.9 Å². The lowest BCUT2D eigenvalue weighted by molar-refractivity contribution is -0.140. The smallest absolute Gasteiger partial charge is 0.303 e. The van der Waals surface area contributed by atoms with Crippen molar-refractivity contribution in [2.24, 2.45) is 5.41 Å². The lowest BCUT2D eigenvalue weighted by Crippen LogP contribution is -2.38. The lowest BCUT2D eigenvalue weighted by atomic mass is 9.85. The molecule has 4 heteroatoms. The Balaban J connectivity index is 2.56. The molecule has 17 heavy (non-hydrogen) atoms. The van der Waals surface area contributed by atoms with Gasteiger partial charge in [-0.15, -0.1) is 0 Å². The highest BCUT2D eigenvalue weighted by Gasteiger charge is 2.32. The second-order valence-electron chi connectivity index (χ2n) is 5.70. The molecule has 1 aliphatic rings. The van der Waals surface area contributed by atoms with Gasteiger partial charge in [0, 0.05) is 19.0 Å². The van der Waals surface area contributed by atoms with Crippen LogP contribution in [0.15, 0.2) is 0 Å². The summed E-state index contributed by atoms with van der Waals surface area (Å²) in [6, 6.07) is 0.364. The molecule has 0 aromatic rings. The fraction of sp³-hybridized carbons (Fsp3) is 0.846. The topological polar surface area (TPSA) is 57.6 Å². The van der Waals surface area contributed by atoms with E-state index in [1.807, 2.05) is 18.7 Å². The molecular formula is C13H23NO3. The van der Waals surface area contributed by atoms with E-state index < -0.39 is 11.4 Å². The van der Waals surface area contributed by atoms with Crippen LogP contribution in [-0.2, 0) is 9.59 Å². The monoisotopic (exact) mass is 241 g/mol. The first-order valence-electron chi connectivity index (χ1n) is 6.37. The second-order valence-corrected chi connectivity index (χ2v) is 5.70. The number of likely N-dealkylation sites (tertiary alicyclic amines) is 1. The molecule has 1 atom stereocenters. The molecule has 1 aliphatic heterocycles. The first-order valence-corrected chi connectivity index (χ1v) is 6.37. The molecule has 1 amide bonds. The zero-order chi connectivity index (χ0) is 13.1. The van der Waals surface area contributed by atoms with Gasteiger partial charge in [0.1, 0.15) is 0 Å². The van der Waals surface area contributed by atoms with E-state index in [-0.39, 0.29) is 12.3 Å². The molecule has 0 aromatic heterocycles. The minimum Gasteiger partial charge on any atom is -0.481 e. The van der Waals surface area contributed by atoms with E-state index >= 15 is 0 Å².